The number of carbonyl (C=O) groups is 1. The molecule has 3 nitrogen and oxygen atoms in total. The molecule has 1 amide bonds. The molecule has 3 rings (SSSR count). The summed E-state index contributed by atoms with van der Waals surface area (Å²) in [5.41, 5.74) is 1.34. The Morgan fingerprint density at radius 1 is 1.26 bits per heavy atom. The highest BCUT2D eigenvalue weighted by Crippen LogP contribution is 2.39. The summed E-state index contributed by atoms with van der Waals surface area (Å²) >= 11 is 5.00. The molecule has 1 N–H and O–H groups in total. The maximum atomic E-state index is 12.4. The third-order valence-corrected chi connectivity index (χ3v) is 6.09. The normalized spacial score (nSPS) is 22.7. The number of piperidine rings is 2. The zero-order chi connectivity index (χ0) is 13.3. The lowest BCUT2D eigenvalue weighted by atomic mass is 9.71. The third-order valence-electron chi connectivity index (χ3n) is 4.59. The van der Waals surface area contributed by atoms with Gasteiger partial charge in [0, 0.05) is 18.5 Å². The van der Waals surface area contributed by atoms with Gasteiger partial charge in [0.1, 0.15) is 0 Å². The van der Waals surface area contributed by atoms with Crippen LogP contribution in [-0.4, -0.2) is 37.0 Å². The molecule has 1 spiro atoms. The Morgan fingerprint density at radius 3 is 2.53 bits per heavy atom. The topological polar surface area (TPSA) is 32.3 Å². The van der Waals surface area contributed by atoms with E-state index in [1.54, 1.807) is 11.3 Å². The summed E-state index contributed by atoms with van der Waals surface area (Å²) in [6, 6.07) is 1.93. The second-order valence-corrected chi connectivity index (χ2v) is 7.97. The van der Waals surface area contributed by atoms with Gasteiger partial charge in [-0.25, -0.2) is 0 Å². The van der Waals surface area contributed by atoms with Crippen LogP contribution in [0, 0.1) is 5.41 Å². The Kier molecular flexibility index (Phi) is 3.96. The highest BCUT2D eigenvalue weighted by molar-refractivity contribution is 9.11. The second kappa shape index (κ2) is 5.54. The lowest BCUT2D eigenvalue weighted by Crippen LogP contribution is -2.47. The number of hydrogen-bond acceptors (Lipinski definition) is 3. The number of likely N-dealkylation sites (tertiary alicyclic amines) is 1. The molecular formula is C14H19BrN2OS. The van der Waals surface area contributed by atoms with E-state index >= 15 is 0 Å². The van der Waals surface area contributed by atoms with Crippen LogP contribution >= 0.6 is 27.3 Å². The SMILES string of the molecule is O=C(c1csc(Br)c1)N1CCC2(CCNCC2)CC1. The van der Waals surface area contributed by atoms with Crippen LogP contribution in [0.4, 0.5) is 0 Å². The summed E-state index contributed by atoms with van der Waals surface area (Å²) in [6.07, 6.45) is 4.90. The van der Waals surface area contributed by atoms with Crippen molar-refractivity contribution >= 4 is 33.2 Å². The van der Waals surface area contributed by atoms with Crippen LogP contribution in [0.5, 0.6) is 0 Å². The molecule has 3 heterocycles. The van der Waals surface area contributed by atoms with Gasteiger partial charge in [-0.3, -0.25) is 4.79 Å². The molecule has 0 aliphatic carbocycles. The fraction of sp³-hybridized carbons (Fsp3) is 0.643. The lowest BCUT2D eigenvalue weighted by Gasteiger charge is -2.44. The second-order valence-electron chi connectivity index (χ2n) is 5.68. The van der Waals surface area contributed by atoms with Crippen molar-refractivity contribution in [2.75, 3.05) is 26.2 Å². The molecule has 104 valence electrons. The first-order valence-corrected chi connectivity index (χ1v) is 8.60. The van der Waals surface area contributed by atoms with Crippen LogP contribution < -0.4 is 5.32 Å². The van der Waals surface area contributed by atoms with Crippen molar-refractivity contribution in [1.82, 2.24) is 10.2 Å². The van der Waals surface area contributed by atoms with E-state index in [9.17, 15) is 4.79 Å². The van der Waals surface area contributed by atoms with Crippen molar-refractivity contribution in [2.24, 2.45) is 5.41 Å². The van der Waals surface area contributed by atoms with Gasteiger partial charge in [-0.05, 0) is 66.2 Å². The average molecular weight is 343 g/mol. The van der Waals surface area contributed by atoms with Crippen LogP contribution in [0.1, 0.15) is 36.0 Å². The average Bonchev–Trinajstić information content (AvgIpc) is 2.87. The first kappa shape index (κ1) is 13.6. The minimum absolute atomic E-state index is 0.200. The molecule has 0 atom stereocenters. The number of rotatable bonds is 1. The molecule has 2 aliphatic rings. The first-order valence-electron chi connectivity index (χ1n) is 6.93. The van der Waals surface area contributed by atoms with E-state index in [4.69, 9.17) is 0 Å². The van der Waals surface area contributed by atoms with Gasteiger partial charge in [-0.2, -0.15) is 0 Å². The summed E-state index contributed by atoms with van der Waals surface area (Å²) < 4.78 is 1.03. The molecule has 1 aromatic heterocycles. The quantitative estimate of drug-likeness (QED) is 0.850. The van der Waals surface area contributed by atoms with Crippen molar-refractivity contribution in [3.05, 3.63) is 20.8 Å². The molecule has 5 heteroatoms. The highest BCUT2D eigenvalue weighted by atomic mass is 79.9. The summed E-state index contributed by atoms with van der Waals surface area (Å²) in [7, 11) is 0. The van der Waals surface area contributed by atoms with Crippen LogP contribution in [0.2, 0.25) is 0 Å². The Hall–Kier alpha value is -0.390. The standard InChI is InChI=1S/C14H19BrN2OS/c15-12-9-11(10-19-12)13(18)17-7-3-14(4-8-17)1-5-16-6-2-14/h9-10,16H,1-8H2. The van der Waals surface area contributed by atoms with Gasteiger partial charge in [0.25, 0.3) is 5.91 Å². The number of nitrogens with one attached hydrogen (secondary N) is 1. The molecule has 0 saturated carbocycles. The minimum Gasteiger partial charge on any atom is -0.339 e. The van der Waals surface area contributed by atoms with E-state index in [1.165, 1.54) is 25.7 Å². The van der Waals surface area contributed by atoms with Crippen molar-refractivity contribution in [2.45, 2.75) is 25.7 Å². The maximum absolute atomic E-state index is 12.4. The van der Waals surface area contributed by atoms with Crippen molar-refractivity contribution in [3.8, 4) is 0 Å². The Balaban J connectivity index is 1.62. The number of hydrogen-bond donors (Lipinski definition) is 1. The minimum atomic E-state index is 0.200. The smallest absolute Gasteiger partial charge is 0.254 e. The first-order chi connectivity index (χ1) is 9.19. The monoisotopic (exact) mass is 342 g/mol. The van der Waals surface area contributed by atoms with Gasteiger partial charge in [0.15, 0.2) is 0 Å². The van der Waals surface area contributed by atoms with Gasteiger partial charge >= 0.3 is 0 Å². The summed E-state index contributed by atoms with van der Waals surface area (Å²) in [5.74, 6) is 0.200. The van der Waals surface area contributed by atoms with E-state index in [-0.39, 0.29) is 5.91 Å². The molecule has 1 aromatic rings. The molecule has 2 saturated heterocycles. The summed E-state index contributed by atoms with van der Waals surface area (Å²) in [5, 5.41) is 5.38. The van der Waals surface area contributed by atoms with Crippen LogP contribution in [0.3, 0.4) is 0 Å². The van der Waals surface area contributed by atoms with Gasteiger partial charge in [-0.15, -0.1) is 11.3 Å². The Morgan fingerprint density at radius 2 is 1.95 bits per heavy atom. The van der Waals surface area contributed by atoms with Crippen molar-refractivity contribution in [1.29, 1.82) is 0 Å². The van der Waals surface area contributed by atoms with E-state index in [0.717, 1.165) is 35.5 Å². The number of thiophene rings is 1. The molecule has 0 unspecified atom stereocenters. The van der Waals surface area contributed by atoms with E-state index in [2.05, 4.69) is 21.2 Å². The van der Waals surface area contributed by atoms with Crippen LogP contribution in [0.15, 0.2) is 15.2 Å². The van der Waals surface area contributed by atoms with Crippen molar-refractivity contribution < 1.29 is 4.79 Å². The van der Waals surface area contributed by atoms with Gasteiger partial charge in [0.05, 0.1) is 9.35 Å². The maximum Gasteiger partial charge on any atom is 0.254 e. The van der Waals surface area contributed by atoms with Crippen molar-refractivity contribution in [3.63, 3.8) is 0 Å². The van der Waals surface area contributed by atoms with Crippen LogP contribution in [-0.2, 0) is 0 Å². The summed E-state index contributed by atoms with van der Waals surface area (Å²) in [6.45, 7) is 4.13. The molecular weight excluding hydrogens is 324 g/mol. The van der Waals surface area contributed by atoms with Crippen LogP contribution in [0.25, 0.3) is 0 Å². The van der Waals surface area contributed by atoms with E-state index < -0.39 is 0 Å². The number of carbonyl (C=O) groups excluding carboxylic acids is 1. The summed E-state index contributed by atoms with van der Waals surface area (Å²) in [4.78, 5) is 14.4. The van der Waals surface area contributed by atoms with Gasteiger partial charge in [0.2, 0.25) is 0 Å². The Labute approximate surface area is 126 Å². The molecule has 0 bridgehead atoms. The van der Waals surface area contributed by atoms with Gasteiger partial charge < -0.3 is 10.2 Å². The van der Waals surface area contributed by atoms with Gasteiger partial charge in [-0.1, -0.05) is 0 Å². The number of amides is 1. The van der Waals surface area contributed by atoms with E-state index in [0.29, 0.717) is 5.41 Å². The number of halogens is 1. The fourth-order valence-electron chi connectivity index (χ4n) is 3.25. The molecule has 0 radical (unpaired) electrons. The van der Waals surface area contributed by atoms with E-state index in [1.807, 2.05) is 16.3 Å². The third kappa shape index (κ3) is 2.88. The Bertz CT molecular complexity index is 458. The fourth-order valence-corrected chi connectivity index (χ4v) is 4.38. The zero-order valence-electron chi connectivity index (χ0n) is 11.0. The predicted octanol–water partition coefficient (Wildman–Crippen LogP) is 3.12. The largest absolute Gasteiger partial charge is 0.339 e. The number of nitrogens with zero attached hydrogens (tertiary/aromatic N) is 1. The lowest BCUT2D eigenvalue weighted by molar-refractivity contribution is 0.0496. The predicted molar refractivity (Wildman–Crippen MR) is 81.7 cm³/mol. The molecule has 0 aromatic carbocycles. The molecule has 2 aliphatic heterocycles. The molecule has 2 fully saturated rings. The zero-order valence-corrected chi connectivity index (χ0v) is 13.4. The molecule has 19 heavy (non-hydrogen) atoms. The highest BCUT2D eigenvalue weighted by Gasteiger charge is 2.36.